The number of hydrogen-bond acceptors (Lipinski definition) is 4. The maximum absolute atomic E-state index is 5.31. The van der Waals surface area contributed by atoms with Crippen molar-refractivity contribution in [2.75, 3.05) is 20.7 Å². The lowest BCUT2D eigenvalue weighted by molar-refractivity contribution is 0.183. The summed E-state index contributed by atoms with van der Waals surface area (Å²) in [5.41, 5.74) is 3.39. The second-order valence-electron chi connectivity index (χ2n) is 5.78. The minimum atomic E-state index is 0.803. The molecule has 0 aromatic carbocycles. The van der Waals surface area contributed by atoms with Gasteiger partial charge >= 0.3 is 0 Å². The van der Waals surface area contributed by atoms with Gasteiger partial charge in [0.1, 0.15) is 5.82 Å². The lowest BCUT2D eigenvalue weighted by Crippen LogP contribution is -2.23. The lowest BCUT2D eigenvalue weighted by atomic mass is 10.1. The van der Waals surface area contributed by atoms with E-state index < -0.39 is 0 Å². The van der Waals surface area contributed by atoms with Gasteiger partial charge in [-0.15, -0.1) is 0 Å². The van der Waals surface area contributed by atoms with Crippen molar-refractivity contribution < 1.29 is 4.74 Å². The van der Waals surface area contributed by atoms with Gasteiger partial charge in [-0.2, -0.15) is 0 Å². The van der Waals surface area contributed by atoms with Crippen molar-refractivity contribution in [2.45, 2.75) is 0 Å². The first kappa shape index (κ1) is 14.5. The van der Waals surface area contributed by atoms with E-state index in [1.807, 2.05) is 43.8 Å². The van der Waals surface area contributed by atoms with Gasteiger partial charge < -0.3 is 9.64 Å². The third kappa shape index (κ3) is 2.44. The van der Waals surface area contributed by atoms with Gasteiger partial charge in [0, 0.05) is 37.6 Å². The average molecular weight is 318 g/mol. The first-order chi connectivity index (χ1) is 11.8. The zero-order valence-electron chi connectivity index (χ0n) is 13.7. The highest BCUT2D eigenvalue weighted by Gasteiger charge is 2.13. The van der Waals surface area contributed by atoms with E-state index in [-0.39, 0.29) is 0 Å². The molecule has 1 aliphatic heterocycles. The Hall–Kier alpha value is -3.08. The summed E-state index contributed by atoms with van der Waals surface area (Å²) in [6.07, 6.45) is 11.7. The molecule has 1 aliphatic rings. The fourth-order valence-electron chi connectivity index (χ4n) is 2.99. The summed E-state index contributed by atoms with van der Waals surface area (Å²) < 4.78 is 7.37. The first-order valence-corrected chi connectivity index (χ1v) is 7.80. The zero-order chi connectivity index (χ0) is 16.5. The summed E-state index contributed by atoms with van der Waals surface area (Å²) >= 11 is 0. The van der Waals surface area contributed by atoms with Gasteiger partial charge in [-0.25, -0.2) is 4.98 Å². The fraction of sp³-hybridized carbons (Fsp3) is 0.158. The molecule has 3 aromatic heterocycles. The second-order valence-corrected chi connectivity index (χ2v) is 5.78. The molecule has 5 nitrogen and oxygen atoms in total. The number of nitrogens with zero attached hydrogens (tertiary/aromatic N) is 4. The molecule has 24 heavy (non-hydrogen) atoms. The minimum Gasteiger partial charge on any atom is -0.482 e. The predicted molar refractivity (Wildman–Crippen MR) is 94.6 cm³/mol. The Labute approximate surface area is 140 Å². The third-order valence-electron chi connectivity index (χ3n) is 4.28. The zero-order valence-corrected chi connectivity index (χ0v) is 13.7. The van der Waals surface area contributed by atoms with E-state index in [4.69, 9.17) is 4.74 Å². The van der Waals surface area contributed by atoms with Crippen molar-refractivity contribution >= 4 is 16.5 Å². The van der Waals surface area contributed by atoms with E-state index >= 15 is 0 Å². The summed E-state index contributed by atoms with van der Waals surface area (Å²) in [6.45, 7) is 0.803. The molecule has 0 saturated carbocycles. The van der Waals surface area contributed by atoms with E-state index in [1.165, 1.54) is 5.57 Å². The number of rotatable bonds is 3. The summed E-state index contributed by atoms with van der Waals surface area (Å²) in [5, 5.41) is 1.16. The number of aromatic nitrogens is 3. The Kier molecular flexibility index (Phi) is 3.54. The van der Waals surface area contributed by atoms with Crippen molar-refractivity contribution in [2.24, 2.45) is 0 Å². The van der Waals surface area contributed by atoms with Gasteiger partial charge in [-0.1, -0.05) is 6.08 Å². The molecule has 4 rings (SSSR count). The Morgan fingerprint density at radius 2 is 2.00 bits per heavy atom. The molecule has 0 saturated heterocycles. The molecule has 0 spiro atoms. The molecular formula is C19H18N4O. The van der Waals surface area contributed by atoms with Crippen LogP contribution in [0.25, 0.3) is 22.3 Å². The molecule has 0 aliphatic carbocycles. The van der Waals surface area contributed by atoms with Crippen LogP contribution in [-0.2, 0) is 4.74 Å². The number of hydrogen-bond donors (Lipinski definition) is 0. The van der Waals surface area contributed by atoms with Crippen LogP contribution in [0.4, 0.5) is 0 Å². The highest BCUT2D eigenvalue weighted by Crippen LogP contribution is 2.23. The number of fused-ring (bicyclic) bond motifs is 1. The molecule has 0 unspecified atom stereocenters. The number of likely N-dealkylation sites (N-methyl/N-ethyl adjacent to an activating group) is 1. The molecule has 5 heteroatoms. The van der Waals surface area contributed by atoms with Crippen LogP contribution in [0, 0.1) is 0 Å². The molecule has 3 aromatic rings. The Morgan fingerprint density at radius 1 is 1.08 bits per heavy atom. The Bertz CT molecular complexity index is 937. The SMILES string of the molecule is COC1=CC=C(c2ccc(-n3ccc4ccncc43)nc2)CN1C. The van der Waals surface area contributed by atoms with Crippen LogP contribution in [0.2, 0.25) is 0 Å². The summed E-state index contributed by atoms with van der Waals surface area (Å²) in [7, 11) is 3.71. The van der Waals surface area contributed by atoms with Crippen molar-refractivity contribution in [3.63, 3.8) is 0 Å². The van der Waals surface area contributed by atoms with E-state index in [0.717, 1.165) is 34.7 Å². The molecule has 0 N–H and O–H groups in total. The number of pyridine rings is 2. The maximum atomic E-state index is 5.31. The van der Waals surface area contributed by atoms with Crippen LogP contribution in [0.5, 0.6) is 0 Å². The fourth-order valence-corrected chi connectivity index (χ4v) is 2.99. The van der Waals surface area contributed by atoms with Crippen molar-refractivity contribution in [3.8, 4) is 5.82 Å². The third-order valence-corrected chi connectivity index (χ3v) is 4.28. The largest absolute Gasteiger partial charge is 0.482 e. The smallest absolute Gasteiger partial charge is 0.189 e. The average Bonchev–Trinajstić information content (AvgIpc) is 3.06. The second kappa shape index (κ2) is 5.85. The molecule has 0 fully saturated rings. The molecule has 0 bridgehead atoms. The summed E-state index contributed by atoms with van der Waals surface area (Å²) in [5.74, 6) is 1.76. The van der Waals surface area contributed by atoms with Crippen molar-refractivity contribution in [1.82, 2.24) is 19.4 Å². The Morgan fingerprint density at radius 3 is 2.75 bits per heavy atom. The molecule has 0 atom stereocenters. The van der Waals surface area contributed by atoms with E-state index in [1.54, 1.807) is 13.3 Å². The minimum absolute atomic E-state index is 0.803. The topological polar surface area (TPSA) is 43.2 Å². The predicted octanol–water partition coefficient (Wildman–Crippen LogP) is 3.24. The highest BCUT2D eigenvalue weighted by molar-refractivity contribution is 5.80. The van der Waals surface area contributed by atoms with Gasteiger partial charge in [-0.3, -0.25) is 9.55 Å². The van der Waals surface area contributed by atoms with Crippen LogP contribution in [0.15, 0.2) is 67.1 Å². The molecular weight excluding hydrogens is 300 g/mol. The van der Waals surface area contributed by atoms with Crippen molar-refractivity contribution in [3.05, 3.63) is 72.7 Å². The van der Waals surface area contributed by atoms with E-state index in [0.29, 0.717) is 0 Å². The maximum Gasteiger partial charge on any atom is 0.189 e. The summed E-state index contributed by atoms with van der Waals surface area (Å²) in [4.78, 5) is 10.9. The van der Waals surface area contributed by atoms with Gasteiger partial charge in [0.25, 0.3) is 0 Å². The van der Waals surface area contributed by atoms with Gasteiger partial charge in [0.05, 0.1) is 18.8 Å². The Balaban J connectivity index is 1.66. The standard InChI is InChI=1S/C19H18N4O/c1-22-13-16(4-6-19(22)24-2)15-3-5-18(21-11-15)23-10-8-14-7-9-20-12-17(14)23/h3-12H,13H2,1-2H3. The molecule has 0 radical (unpaired) electrons. The molecule has 0 amide bonds. The first-order valence-electron chi connectivity index (χ1n) is 7.80. The van der Waals surface area contributed by atoms with Gasteiger partial charge in [0.2, 0.25) is 0 Å². The van der Waals surface area contributed by atoms with Crippen LogP contribution in [0.3, 0.4) is 0 Å². The molecule has 120 valence electrons. The highest BCUT2D eigenvalue weighted by atomic mass is 16.5. The molecule has 4 heterocycles. The normalized spacial score (nSPS) is 14.5. The number of allylic oxidation sites excluding steroid dienone is 2. The van der Waals surface area contributed by atoms with Crippen LogP contribution < -0.4 is 0 Å². The summed E-state index contributed by atoms with van der Waals surface area (Å²) in [6, 6.07) is 8.22. The van der Waals surface area contributed by atoms with Crippen LogP contribution in [0.1, 0.15) is 5.56 Å². The van der Waals surface area contributed by atoms with Gasteiger partial charge in [0.15, 0.2) is 5.88 Å². The van der Waals surface area contributed by atoms with E-state index in [9.17, 15) is 0 Å². The van der Waals surface area contributed by atoms with Gasteiger partial charge in [-0.05, 0) is 41.5 Å². The van der Waals surface area contributed by atoms with Crippen molar-refractivity contribution in [1.29, 1.82) is 0 Å². The number of ether oxygens (including phenoxy) is 1. The van der Waals surface area contributed by atoms with Crippen LogP contribution in [-0.4, -0.2) is 40.1 Å². The number of methoxy groups -OCH3 is 1. The quantitative estimate of drug-likeness (QED) is 0.743. The van der Waals surface area contributed by atoms with E-state index in [2.05, 4.69) is 37.6 Å². The lowest BCUT2D eigenvalue weighted by Gasteiger charge is -2.25. The monoisotopic (exact) mass is 318 g/mol. The van der Waals surface area contributed by atoms with Crippen LogP contribution >= 0.6 is 0 Å².